The van der Waals surface area contributed by atoms with Crippen LogP contribution in [0.15, 0.2) is 24.3 Å². The van der Waals surface area contributed by atoms with Crippen molar-refractivity contribution in [1.29, 1.82) is 0 Å². The van der Waals surface area contributed by atoms with E-state index in [0.29, 0.717) is 13.1 Å². The maximum Gasteiger partial charge on any atom is 0.387 e. The molecule has 120 valence electrons. The highest BCUT2D eigenvalue weighted by atomic mass is 19.3. The Labute approximate surface area is 127 Å². The van der Waals surface area contributed by atoms with E-state index in [2.05, 4.69) is 32.1 Å². The molecule has 0 amide bonds. The standard InChI is InChI=1S/C14H19F2N5O/c1-3-8-21-13(17-18-19-21)10-20(2)9-11-4-6-12(7-5-11)22-14(15)16/h4-7,14H,3,8-10H2,1-2H3. The summed E-state index contributed by atoms with van der Waals surface area (Å²) in [4.78, 5) is 2.06. The van der Waals surface area contributed by atoms with Gasteiger partial charge in [-0.3, -0.25) is 4.90 Å². The monoisotopic (exact) mass is 311 g/mol. The normalized spacial score (nSPS) is 11.4. The lowest BCUT2D eigenvalue weighted by Gasteiger charge is -2.16. The molecule has 1 aromatic heterocycles. The number of tetrazole rings is 1. The molecule has 2 aromatic rings. The number of benzene rings is 1. The first kappa shape index (κ1) is 16.3. The Kier molecular flexibility index (Phi) is 5.76. The van der Waals surface area contributed by atoms with Crippen LogP contribution < -0.4 is 4.74 Å². The van der Waals surface area contributed by atoms with E-state index in [9.17, 15) is 8.78 Å². The van der Waals surface area contributed by atoms with Crippen molar-refractivity contribution in [2.75, 3.05) is 7.05 Å². The van der Waals surface area contributed by atoms with Gasteiger partial charge in [-0.15, -0.1) is 5.10 Å². The summed E-state index contributed by atoms with van der Waals surface area (Å²) in [6.45, 7) is 1.33. The first-order valence-corrected chi connectivity index (χ1v) is 7.05. The first-order valence-electron chi connectivity index (χ1n) is 7.05. The molecule has 1 aromatic carbocycles. The summed E-state index contributed by atoms with van der Waals surface area (Å²) in [6.07, 6.45) is 0.966. The number of aromatic nitrogens is 4. The largest absolute Gasteiger partial charge is 0.435 e. The van der Waals surface area contributed by atoms with E-state index in [0.717, 1.165) is 24.4 Å². The van der Waals surface area contributed by atoms with E-state index >= 15 is 0 Å². The van der Waals surface area contributed by atoms with Crippen molar-refractivity contribution >= 4 is 0 Å². The van der Waals surface area contributed by atoms with Crippen molar-refractivity contribution in [1.82, 2.24) is 25.1 Å². The number of rotatable bonds is 8. The predicted molar refractivity (Wildman–Crippen MR) is 76.4 cm³/mol. The van der Waals surface area contributed by atoms with Crippen LogP contribution in [-0.4, -0.2) is 38.8 Å². The molecule has 0 aliphatic rings. The molecule has 0 aliphatic heterocycles. The van der Waals surface area contributed by atoms with Crippen molar-refractivity contribution < 1.29 is 13.5 Å². The SMILES string of the molecule is CCCn1nnnc1CN(C)Cc1ccc(OC(F)F)cc1. The molecule has 22 heavy (non-hydrogen) atoms. The summed E-state index contributed by atoms with van der Waals surface area (Å²) in [5.74, 6) is 0.968. The fourth-order valence-electron chi connectivity index (χ4n) is 2.11. The van der Waals surface area contributed by atoms with Gasteiger partial charge in [0.1, 0.15) is 5.75 Å². The number of nitrogens with zero attached hydrogens (tertiary/aromatic N) is 5. The molecule has 8 heteroatoms. The van der Waals surface area contributed by atoms with Crippen LogP contribution in [0.2, 0.25) is 0 Å². The van der Waals surface area contributed by atoms with Gasteiger partial charge in [-0.2, -0.15) is 8.78 Å². The lowest BCUT2D eigenvalue weighted by Crippen LogP contribution is -2.20. The van der Waals surface area contributed by atoms with E-state index < -0.39 is 6.61 Å². The molecule has 0 unspecified atom stereocenters. The molecule has 0 fully saturated rings. The topological polar surface area (TPSA) is 56.1 Å². The number of hydrogen-bond donors (Lipinski definition) is 0. The maximum atomic E-state index is 12.1. The number of ether oxygens (including phenoxy) is 1. The minimum atomic E-state index is -2.80. The van der Waals surface area contributed by atoms with Gasteiger partial charge in [0.25, 0.3) is 0 Å². The van der Waals surface area contributed by atoms with Gasteiger partial charge in [-0.05, 0) is 41.6 Å². The second-order valence-corrected chi connectivity index (χ2v) is 5.01. The van der Waals surface area contributed by atoms with Crippen LogP contribution in [0.4, 0.5) is 8.78 Å². The fraction of sp³-hybridized carbons (Fsp3) is 0.500. The van der Waals surface area contributed by atoms with E-state index in [1.165, 1.54) is 12.1 Å². The maximum absolute atomic E-state index is 12.1. The third-order valence-corrected chi connectivity index (χ3v) is 3.05. The van der Waals surface area contributed by atoms with E-state index in [1.54, 1.807) is 16.8 Å². The fourth-order valence-corrected chi connectivity index (χ4v) is 2.11. The molecule has 0 bridgehead atoms. The van der Waals surface area contributed by atoms with Gasteiger partial charge in [0, 0.05) is 13.1 Å². The van der Waals surface area contributed by atoms with E-state index in [4.69, 9.17) is 0 Å². The Hall–Kier alpha value is -2.09. The second kappa shape index (κ2) is 7.79. The summed E-state index contributed by atoms with van der Waals surface area (Å²) >= 11 is 0. The Bertz CT molecular complexity index is 573. The smallest absolute Gasteiger partial charge is 0.387 e. The Morgan fingerprint density at radius 1 is 1.23 bits per heavy atom. The first-order chi connectivity index (χ1) is 10.6. The van der Waals surface area contributed by atoms with Crippen molar-refractivity contribution in [2.24, 2.45) is 0 Å². The van der Waals surface area contributed by atoms with Crippen LogP contribution in [0.1, 0.15) is 24.7 Å². The zero-order chi connectivity index (χ0) is 15.9. The highest BCUT2D eigenvalue weighted by Gasteiger charge is 2.09. The van der Waals surface area contributed by atoms with Gasteiger partial charge in [0.15, 0.2) is 5.82 Å². The van der Waals surface area contributed by atoms with E-state index in [-0.39, 0.29) is 5.75 Å². The lowest BCUT2D eigenvalue weighted by molar-refractivity contribution is -0.0498. The van der Waals surface area contributed by atoms with Crippen LogP contribution in [0, 0.1) is 0 Å². The van der Waals surface area contributed by atoms with E-state index in [1.807, 2.05) is 7.05 Å². The molecule has 0 spiro atoms. The molecule has 0 radical (unpaired) electrons. The van der Waals surface area contributed by atoms with Crippen molar-refractivity contribution in [3.63, 3.8) is 0 Å². The quantitative estimate of drug-likeness (QED) is 0.749. The number of halogens is 2. The lowest BCUT2D eigenvalue weighted by atomic mass is 10.2. The van der Waals surface area contributed by atoms with Crippen LogP contribution in [-0.2, 0) is 19.6 Å². The van der Waals surface area contributed by atoms with Crippen molar-refractivity contribution in [3.05, 3.63) is 35.7 Å². The van der Waals surface area contributed by atoms with Gasteiger partial charge in [-0.1, -0.05) is 19.1 Å². The van der Waals surface area contributed by atoms with Gasteiger partial charge >= 0.3 is 6.61 Å². The molecule has 0 saturated heterocycles. The number of hydrogen-bond acceptors (Lipinski definition) is 5. The average Bonchev–Trinajstić information content (AvgIpc) is 2.88. The molecule has 6 nitrogen and oxygen atoms in total. The summed E-state index contributed by atoms with van der Waals surface area (Å²) < 4.78 is 30.3. The minimum absolute atomic E-state index is 0.160. The van der Waals surface area contributed by atoms with Crippen LogP contribution in [0.5, 0.6) is 5.75 Å². The zero-order valence-corrected chi connectivity index (χ0v) is 12.6. The Morgan fingerprint density at radius 3 is 2.59 bits per heavy atom. The Balaban J connectivity index is 1.91. The molecule has 0 atom stereocenters. The summed E-state index contributed by atoms with van der Waals surface area (Å²) in [5.41, 5.74) is 0.999. The van der Waals surface area contributed by atoms with Crippen LogP contribution >= 0.6 is 0 Å². The number of aryl methyl sites for hydroxylation is 1. The summed E-state index contributed by atoms with van der Waals surface area (Å²) in [5, 5.41) is 11.7. The molecule has 2 rings (SSSR count). The van der Waals surface area contributed by atoms with Gasteiger partial charge in [0.05, 0.1) is 6.54 Å². The average molecular weight is 311 g/mol. The zero-order valence-electron chi connectivity index (χ0n) is 12.6. The third-order valence-electron chi connectivity index (χ3n) is 3.05. The third kappa shape index (κ3) is 4.73. The summed E-state index contributed by atoms with van der Waals surface area (Å²) in [6, 6.07) is 6.61. The molecule has 1 heterocycles. The Morgan fingerprint density at radius 2 is 1.95 bits per heavy atom. The van der Waals surface area contributed by atoms with Gasteiger partial charge in [0.2, 0.25) is 0 Å². The predicted octanol–water partition coefficient (Wildman–Crippen LogP) is 2.32. The molecular weight excluding hydrogens is 292 g/mol. The second-order valence-electron chi connectivity index (χ2n) is 5.01. The van der Waals surface area contributed by atoms with Gasteiger partial charge < -0.3 is 4.74 Å². The van der Waals surface area contributed by atoms with Crippen molar-refractivity contribution in [3.8, 4) is 5.75 Å². The molecule has 0 saturated carbocycles. The summed E-state index contributed by atoms with van der Waals surface area (Å²) in [7, 11) is 1.95. The minimum Gasteiger partial charge on any atom is -0.435 e. The molecule has 0 N–H and O–H groups in total. The van der Waals surface area contributed by atoms with Gasteiger partial charge in [-0.25, -0.2) is 4.68 Å². The van der Waals surface area contributed by atoms with Crippen LogP contribution in [0.25, 0.3) is 0 Å². The highest BCUT2D eigenvalue weighted by Crippen LogP contribution is 2.16. The molecular formula is C14H19F2N5O. The molecule has 0 aliphatic carbocycles. The van der Waals surface area contributed by atoms with Crippen LogP contribution in [0.3, 0.4) is 0 Å². The highest BCUT2D eigenvalue weighted by molar-refractivity contribution is 5.27. The van der Waals surface area contributed by atoms with Crippen molar-refractivity contribution in [2.45, 2.75) is 39.6 Å². The number of alkyl halides is 2.